The van der Waals surface area contributed by atoms with Gasteiger partial charge in [-0.05, 0) is 29.3 Å². The molecule has 22 heavy (non-hydrogen) atoms. The highest BCUT2D eigenvalue weighted by atomic mass is 16.6. The van der Waals surface area contributed by atoms with E-state index in [1.54, 1.807) is 12.1 Å². The molecule has 116 valence electrons. The zero-order valence-electron chi connectivity index (χ0n) is 12.2. The van der Waals surface area contributed by atoms with Crippen LogP contribution in [0.1, 0.15) is 12.0 Å². The summed E-state index contributed by atoms with van der Waals surface area (Å²) in [5.41, 5.74) is 1.06. The molecule has 3 rings (SSSR count). The second-order valence-electron chi connectivity index (χ2n) is 5.62. The molecule has 1 heterocycles. The molecule has 1 saturated heterocycles. The summed E-state index contributed by atoms with van der Waals surface area (Å²) in [6.45, 7) is 3.41. The van der Waals surface area contributed by atoms with E-state index in [0.717, 1.165) is 37.3 Å². The van der Waals surface area contributed by atoms with E-state index in [1.807, 2.05) is 18.2 Å². The molecule has 1 aliphatic heterocycles. The molecule has 2 aliphatic rings. The Morgan fingerprint density at radius 1 is 1.23 bits per heavy atom. The summed E-state index contributed by atoms with van der Waals surface area (Å²) in [6.07, 6.45) is 6.24. The second-order valence-corrected chi connectivity index (χ2v) is 5.62. The maximum Gasteiger partial charge on any atom is 0.269 e. The standard InChI is InChI=1S/C16H19N3O3/c20-16(18-11-9-17-10-12-18)7-5-14(6-8-16)13-1-3-15(4-2-13)19(21)22/h1-7,17,20H,8-12H2. The van der Waals surface area contributed by atoms with Crippen LogP contribution in [0.15, 0.2) is 42.5 Å². The van der Waals surface area contributed by atoms with E-state index in [9.17, 15) is 15.2 Å². The smallest absolute Gasteiger partial charge is 0.269 e. The third-order valence-electron chi connectivity index (χ3n) is 4.23. The molecule has 0 amide bonds. The Hall–Kier alpha value is -2.02. The van der Waals surface area contributed by atoms with Gasteiger partial charge in [-0.1, -0.05) is 12.2 Å². The van der Waals surface area contributed by atoms with Crippen molar-refractivity contribution in [3.63, 3.8) is 0 Å². The van der Waals surface area contributed by atoms with Crippen molar-refractivity contribution >= 4 is 11.3 Å². The normalized spacial score (nSPS) is 25.8. The highest BCUT2D eigenvalue weighted by Gasteiger charge is 2.33. The minimum absolute atomic E-state index is 0.0847. The van der Waals surface area contributed by atoms with Crippen LogP contribution in [0.2, 0.25) is 0 Å². The van der Waals surface area contributed by atoms with Crippen LogP contribution in [0.4, 0.5) is 5.69 Å². The van der Waals surface area contributed by atoms with Crippen LogP contribution >= 0.6 is 0 Å². The fourth-order valence-corrected chi connectivity index (χ4v) is 2.90. The van der Waals surface area contributed by atoms with E-state index in [2.05, 4.69) is 10.2 Å². The molecule has 0 bridgehead atoms. The molecule has 1 fully saturated rings. The number of benzene rings is 1. The lowest BCUT2D eigenvalue weighted by atomic mass is 9.93. The number of nitro groups is 1. The molecule has 6 nitrogen and oxygen atoms in total. The number of non-ortho nitro benzene ring substituents is 1. The van der Waals surface area contributed by atoms with Crippen molar-refractivity contribution in [2.45, 2.75) is 12.1 Å². The van der Waals surface area contributed by atoms with Crippen molar-refractivity contribution < 1.29 is 10.0 Å². The van der Waals surface area contributed by atoms with Gasteiger partial charge in [-0.25, -0.2) is 0 Å². The molecular formula is C16H19N3O3. The van der Waals surface area contributed by atoms with Gasteiger partial charge >= 0.3 is 0 Å². The van der Waals surface area contributed by atoms with Crippen LogP contribution in [0.25, 0.3) is 5.57 Å². The van der Waals surface area contributed by atoms with Crippen LogP contribution in [0.3, 0.4) is 0 Å². The first-order chi connectivity index (χ1) is 10.6. The Labute approximate surface area is 128 Å². The lowest BCUT2D eigenvalue weighted by Crippen LogP contribution is -2.55. The monoisotopic (exact) mass is 301 g/mol. The highest BCUT2D eigenvalue weighted by molar-refractivity contribution is 5.75. The lowest BCUT2D eigenvalue weighted by Gasteiger charge is -2.41. The Balaban J connectivity index is 1.73. The minimum Gasteiger partial charge on any atom is -0.372 e. The van der Waals surface area contributed by atoms with Gasteiger partial charge in [-0.3, -0.25) is 15.0 Å². The Morgan fingerprint density at radius 2 is 1.91 bits per heavy atom. The number of nitro benzene ring substituents is 1. The molecule has 0 spiro atoms. The van der Waals surface area contributed by atoms with Gasteiger partial charge in [0, 0.05) is 44.7 Å². The molecular weight excluding hydrogens is 282 g/mol. The summed E-state index contributed by atoms with van der Waals surface area (Å²) < 4.78 is 0. The van der Waals surface area contributed by atoms with E-state index >= 15 is 0 Å². The molecule has 6 heteroatoms. The van der Waals surface area contributed by atoms with Gasteiger partial charge < -0.3 is 10.4 Å². The Kier molecular flexibility index (Phi) is 4.06. The van der Waals surface area contributed by atoms with Crippen molar-refractivity contribution in [2.24, 2.45) is 0 Å². The van der Waals surface area contributed by atoms with Gasteiger partial charge in [0.2, 0.25) is 0 Å². The summed E-state index contributed by atoms with van der Waals surface area (Å²) in [7, 11) is 0. The van der Waals surface area contributed by atoms with Crippen molar-refractivity contribution in [3.8, 4) is 0 Å². The fourth-order valence-electron chi connectivity index (χ4n) is 2.90. The number of hydrogen-bond donors (Lipinski definition) is 2. The summed E-state index contributed by atoms with van der Waals surface area (Å²) in [5, 5.41) is 24.7. The SMILES string of the molecule is O=[N+]([O-])c1ccc(C2=CCC(O)(N3CCNCC3)C=C2)cc1. The molecule has 0 radical (unpaired) electrons. The molecule has 0 aromatic heterocycles. The van der Waals surface area contributed by atoms with Crippen LogP contribution < -0.4 is 5.32 Å². The van der Waals surface area contributed by atoms with E-state index in [1.165, 1.54) is 12.1 Å². The van der Waals surface area contributed by atoms with E-state index in [4.69, 9.17) is 0 Å². The largest absolute Gasteiger partial charge is 0.372 e. The van der Waals surface area contributed by atoms with E-state index in [0.29, 0.717) is 6.42 Å². The van der Waals surface area contributed by atoms with Crippen molar-refractivity contribution in [3.05, 3.63) is 58.2 Å². The number of nitrogens with zero attached hydrogens (tertiary/aromatic N) is 2. The zero-order chi connectivity index (χ0) is 15.6. The van der Waals surface area contributed by atoms with Crippen molar-refractivity contribution in [2.75, 3.05) is 26.2 Å². The zero-order valence-corrected chi connectivity index (χ0v) is 12.2. The number of piperazine rings is 1. The molecule has 2 N–H and O–H groups in total. The molecule has 1 atom stereocenters. The number of rotatable bonds is 3. The third-order valence-corrected chi connectivity index (χ3v) is 4.23. The lowest BCUT2D eigenvalue weighted by molar-refractivity contribution is -0.384. The first kappa shape index (κ1) is 14.9. The maximum absolute atomic E-state index is 10.8. The van der Waals surface area contributed by atoms with Gasteiger partial charge in [0.1, 0.15) is 5.72 Å². The third kappa shape index (κ3) is 2.94. The summed E-state index contributed by atoms with van der Waals surface area (Å²) in [4.78, 5) is 12.3. The maximum atomic E-state index is 10.8. The van der Waals surface area contributed by atoms with Crippen molar-refractivity contribution in [1.29, 1.82) is 0 Å². The summed E-state index contributed by atoms with van der Waals surface area (Å²) in [6, 6.07) is 6.48. The van der Waals surface area contributed by atoms with Crippen LogP contribution in [-0.4, -0.2) is 46.8 Å². The second kappa shape index (κ2) is 6.00. The minimum atomic E-state index is -0.924. The molecule has 1 aromatic rings. The fraction of sp³-hybridized carbons (Fsp3) is 0.375. The van der Waals surface area contributed by atoms with Crippen molar-refractivity contribution in [1.82, 2.24) is 10.2 Å². The van der Waals surface area contributed by atoms with Gasteiger partial charge in [0.15, 0.2) is 0 Å². The molecule has 1 aliphatic carbocycles. The van der Waals surface area contributed by atoms with Gasteiger partial charge in [0.25, 0.3) is 5.69 Å². The molecule has 1 unspecified atom stereocenters. The number of aliphatic hydroxyl groups is 1. The first-order valence-corrected chi connectivity index (χ1v) is 7.41. The van der Waals surface area contributed by atoms with Crippen LogP contribution in [0, 0.1) is 10.1 Å². The van der Waals surface area contributed by atoms with E-state index in [-0.39, 0.29) is 5.69 Å². The van der Waals surface area contributed by atoms with Gasteiger partial charge in [-0.2, -0.15) is 0 Å². The first-order valence-electron chi connectivity index (χ1n) is 7.41. The van der Waals surface area contributed by atoms with E-state index < -0.39 is 10.6 Å². The average molecular weight is 301 g/mol. The highest BCUT2D eigenvalue weighted by Crippen LogP contribution is 2.30. The Morgan fingerprint density at radius 3 is 2.45 bits per heavy atom. The Bertz CT molecular complexity index is 618. The molecule has 0 saturated carbocycles. The quantitative estimate of drug-likeness (QED) is 0.654. The predicted molar refractivity (Wildman–Crippen MR) is 84.2 cm³/mol. The molecule has 1 aromatic carbocycles. The van der Waals surface area contributed by atoms with Crippen LogP contribution in [-0.2, 0) is 0 Å². The van der Waals surface area contributed by atoms with Crippen LogP contribution in [0.5, 0.6) is 0 Å². The predicted octanol–water partition coefficient (Wildman–Crippen LogP) is 1.53. The number of allylic oxidation sites excluding steroid dienone is 2. The number of nitrogens with one attached hydrogen (secondary N) is 1. The average Bonchev–Trinajstić information content (AvgIpc) is 2.56. The summed E-state index contributed by atoms with van der Waals surface area (Å²) >= 11 is 0. The van der Waals surface area contributed by atoms with Gasteiger partial charge in [-0.15, -0.1) is 0 Å². The topological polar surface area (TPSA) is 78.6 Å². The summed E-state index contributed by atoms with van der Waals surface area (Å²) in [5.74, 6) is 0. The number of hydrogen-bond acceptors (Lipinski definition) is 5. The van der Waals surface area contributed by atoms with Gasteiger partial charge in [0.05, 0.1) is 4.92 Å².